The van der Waals surface area contributed by atoms with Gasteiger partial charge in [-0.2, -0.15) is 13.2 Å². The summed E-state index contributed by atoms with van der Waals surface area (Å²) in [5.74, 6) is -1.49. The first-order valence-electron chi connectivity index (χ1n) is 9.98. The van der Waals surface area contributed by atoms with Crippen LogP contribution in [0.3, 0.4) is 0 Å². The Labute approximate surface area is 169 Å². The number of hydrogen-bond acceptors (Lipinski definition) is 2. The van der Waals surface area contributed by atoms with Gasteiger partial charge >= 0.3 is 6.18 Å². The summed E-state index contributed by atoms with van der Waals surface area (Å²) in [5, 5.41) is 3.06. The second-order valence-electron chi connectivity index (χ2n) is 7.95. The molecule has 1 fully saturated rings. The van der Waals surface area contributed by atoms with Gasteiger partial charge in [0.05, 0.1) is 5.92 Å². The van der Waals surface area contributed by atoms with Gasteiger partial charge in [0.15, 0.2) is 0 Å². The van der Waals surface area contributed by atoms with Gasteiger partial charge in [0.2, 0.25) is 0 Å². The van der Waals surface area contributed by atoms with Crippen molar-refractivity contribution in [3.63, 3.8) is 0 Å². The summed E-state index contributed by atoms with van der Waals surface area (Å²) in [7, 11) is 0. The molecule has 0 radical (unpaired) electrons. The molecule has 1 amide bonds. The van der Waals surface area contributed by atoms with Crippen LogP contribution in [0.5, 0.6) is 0 Å². The van der Waals surface area contributed by atoms with E-state index in [1.54, 1.807) is 0 Å². The highest BCUT2D eigenvalue weighted by Crippen LogP contribution is 2.34. The van der Waals surface area contributed by atoms with Gasteiger partial charge in [-0.3, -0.25) is 9.69 Å². The third-order valence-corrected chi connectivity index (χ3v) is 5.72. The van der Waals surface area contributed by atoms with Crippen molar-refractivity contribution in [3.05, 3.63) is 71.3 Å². The van der Waals surface area contributed by atoms with Crippen LogP contribution in [0.15, 0.2) is 54.6 Å². The number of hydrogen-bond donors (Lipinski definition) is 1. The molecule has 0 spiro atoms. The summed E-state index contributed by atoms with van der Waals surface area (Å²) in [6.07, 6.45) is -3.43. The number of nitrogens with one attached hydrogen (secondary N) is 1. The molecule has 1 N–H and O–H groups in total. The van der Waals surface area contributed by atoms with Crippen molar-refractivity contribution in [2.75, 3.05) is 13.1 Å². The molecule has 29 heavy (non-hydrogen) atoms. The number of rotatable bonds is 5. The average molecular weight is 404 g/mol. The Morgan fingerprint density at radius 1 is 1.14 bits per heavy atom. The van der Waals surface area contributed by atoms with E-state index in [-0.39, 0.29) is 17.5 Å². The smallest absolute Gasteiger partial charge is 0.349 e. The van der Waals surface area contributed by atoms with Gasteiger partial charge in [0.25, 0.3) is 5.91 Å². The van der Waals surface area contributed by atoms with Gasteiger partial charge in [-0.05, 0) is 42.5 Å². The fraction of sp³-hybridized carbons (Fsp3) is 0.435. The molecule has 2 aromatic carbocycles. The molecule has 1 saturated heterocycles. The largest absolute Gasteiger partial charge is 0.395 e. The summed E-state index contributed by atoms with van der Waals surface area (Å²) in [5.41, 5.74) is 1.83. The lowest BCUT2D eigenvalue weighted by molar-refractivity contribution is -0.146. The zero-order valence-corrected chi connectivity index (χ0v) is 16.7. The second-order valence-corrected chi connectivity index (χ2v) is 7.95. The number of halogens is 3. The molecule has 6 heteroatoms. The molecular formula is C23H27F3N2O. The van der Waals surface area contributed by atoms with E-state index >= 15 is 0 Å². The summed E-state index contributed by atoms with van der Waals surface area (Å²) < 4.78 is 38.5. The highest BCUT2D eigenvalue weighted by Gasteiger charge is 2.37. The Morgan fingerprint density at radius 2 is 1.79 bits per heavy atom. The van der Waals surface area contributed by atoms with Gasteiger partial charge in [-0.15, -0.1) is 0 Å². The molecule has 3 atom stereocenters. The van der Waals surface area contributed by atoms with Gasteiger partial charge in [-0.1, -0.05) is 49.4 Å². The van der Waals surface area contributed by atoms with E-state index < -0.39 is 12.1 Å². The number of piperidine rings is 1. The molecule has 3 rings (SSSR count). The van der Waals surface area contributed by atoms with E-state index in [0.29, 0.717) is 11.5 Å². The van der Waals surface area contributed by atoms with E-state index in [0.717, 1.165) is 33.0 Å². The molecule has 1 aliphatic heterocycles. The van der Waals surface area contributed by atoms with Crippen molar-refractivity contribution in [2.24, 2.45) is 5.92 Å². The number of likely N-dealkylation sites (tertiary alicyclic amines) is 1. The van der Waals surface area contributed by atoms with Crippen LogP contribution >= 0.6 is 0 Å². The van der Waals surface area contributed by atoms with Crippen molar-refractivity contribution in [2.45, 2.75) is 44.9 Å². The fourth-order valence-electron chi connectivity index (χ4n) is 3.80. The molecule has 3 nitrogen and oxygen atoms in total. The van der Waals surface area contributed by atoms with Crippen LogP contribution in [0.2, 0.25) is 0 Å². The van der Waals surface area contributed by atoms with Crippen LogP contribution in [-0.4, -0.2) is 36.1 Å². The monoisotopic (exact) mass is 404 g/mol. The Bertz CT molecular complexity index is 805. The maximum absolute atomic E-state index is 12.8. The van der Waals surface area contributed by atoms with Crippen molar-refractivity contribution in [1.29, 1.82) is 0 Å². The van der Waals surface area contributed by atoms with Crippen LogP contribution in [0, 0.1) is 5.92 Å². The topological polar surface area (TPSA) is 32.3 Å². The number of alkyl halides is 3. The summed E-state index contributed by atoms with van der Waals surface area (Å²) in [6.45, 7) is 5.93. The zero-order valence-electron chi connectivity index (χ0n) is 16.7. The predicted molar refractivity (Wildman–Crippen MR) is 108 cm³/mol. The molecule has 0 aromatic heterocycles. The molecule has 0 bridgehead atoms. The zero-order chi connectivity index (χ0) is 21.0. The maximum atomic E-state index is 12.8. The second kappa shape index (κ2) is 8.99. The summed E-state index contributed by atoms with van der Waals surface area (Å²) >= 11 is 0. The Balaban J connectivity index is 1.54. The quantitative estimate of drug-likeness (QED) is 0.761. The molecule has 1 aliphatic rings. The van der Waals surface area contributed by atoms with Crippen LogP contribution in [0.25, 0.3) is 0 Å². The van der Waals surface area contributed by atoms with E-state index in [1.807, 2.05) is 18.2 Å². The molecular weight excluding hydrogens is 377 g/mol. The first-order valence-corrected chi connectivity index (χ1v) is 9.98. The standard InChI is InChI=1S/C23H27F3N2O/c1-16-14-28(15-18-6-4-3-5-7-18)13-12-21(16)27-22(29)20-10-8-19(9-11-20)17(2)23(24,25)26/h3-11,16-17,21H,12-15H2,1-2H3,(H,27,29). The minimum atomic E-state index is -4.28. The first kappa shape index (κ1) is 21.4. The predicted octanol–water partition coefficient (Wildman–Crippen LogP) is 4.99. The molecule has 0 aliphatic carbocycles. The van der Waals surface area contributed by atoms with E-state index in [2.05, 4.69) is 29.3 Å². The van der Waals surface area contributed by atoms with Crippen molar-refractivity contribution in [1.82, 2.24) is 10.2 Å². The highest BCUT2D eigenvalue weighted by atomic mass is 19.4. The number of amides is 1. The Hall–Kier alpha value is -2.34. The van der Waals surface area contributed by atoms with Gasteiger partial charge in [-0.25, -0.2) is 0 Å². The SMILES string of the molecule is CC1CN(Cc2ccccc2)CCC1NC(=O)c1ccc(C(C)C(F)(F)F)cc1. The molecule has 156 valence electrons. The average Bonchev–Trinajstić information content (AvgIpc) is 2.69. The van der Waals surface area contributed by atoms with Gasteiger partial charge in [0, 0.05) is 31.2 Å². The summed E-state index contributed by atoms with van der Waals surface area (Å²) in [6, 6.07) is 16.1. The van der Waals surface area contributed by atoms with Crippen molar-refractivity contribution < 1.29 is 18.0 Å². The van der Waals surface area contributed by atoms with Crippen LogP contribution < -0.4 is 5.32 Å². The van der Waals surface area contributed by atoms with Crippen LogP contribution in [0.1, 0.15) is 47.7 Å². The van der Waals surface area contributed by atoms with Gasteiger partial charge < -0.3 is 5.32 Å². The Morgan fingerprint density at radius 3 is 2.38 bits per heavy atom. The maximum Gasteiger partial charge on any atom is 0.395 e. The number of nitrogens with zero attached hydrogens (tertiary/aromatic N) is 1. The summed E-state index contributed by atoms with van der Waals surface area (Å²) in [4.78, 5) is 14.9. The lowest BCUT2D eigenvalue weighted by atomic mass is 9.93. The highest BCUT2D eigenvalue weighted by molar-refractivity contribution is 5.94. The first-order chi connectivity index (χ1) is 13.7. The lowest BCUT2D eigenvalue weighted by Gasteiger charge is -2.37. The Kier molecular flexibility index (Phi) is 6.63. The van der Waals surface area contributed by atoms with Crippen LogP contribution in [-0.2, 0) is 6.54 Å². The lowest BCUT2D eigenvalue weighted by Crippen LogP contribution is -2.49. The van der Waals surface area contributed by atoms with Crippen LogP contribution in [0.4, 0.5) is 13.2 Å². The minimum absolute atomic E-state index is 0.0586. The third kappa shape index (κ3) is 5.60. The number of benzene rings is 2. The molecule has 2 aromatic rings. The molecule has 0 saturated carbocycles. The van der Waals surface area contributed by atoms with E-state index in [4.69, 9.17) is 0 Å². The number of carbonyl (C=O) groups is 1. The van der Waals surface area contributed by atoms with E-state index in [1.165, 1.54) is 29.8 Å². The third-order valence-electron chi connectivity index (χ3n) is 5.72. The molecule has 1 heterocycles. The minimum Gasteiger partial charge on any atom is -0.349 e. The number of carbonyl (C=O) groups excluding carboxylic acids is 1. The van der Waals surface area contributed by atoms with Crippen molar-refractivity contribution in [3.8, 4) is 0 Å². The normalized spacial score (nSPS) is 21.6. The van der Waals surface area contributed by atoms with Gasteiger partial charge in [0.1, 0.15) is 0 Å². The van der Waals surface area contributed by atoms with E-state index in [9.17, 15) is 18.0 Å². The molecule has 3 unspecified atom stereocenters. The van der Waals surface area contributed by atoms with Crippen molar-refractivity contribution >= 4 is 5.91 Å². The fourth-order valence-corrected chi connectivity index (χ4v) is 3.80.